The molecule has 0 spiro atoms. The molecule has 1 N–H and O–H groups in total. The van der Waals surface area contributed by atoms with Gasteiger partial charge in [-0.1, -0.05) is 6.07 Å². The van der Waals surface area contributed by atoms with Crippen LogP contribution in [0, 0.1) is 13.8 Å². The summed E-state index contributed by atoms with van der Waals surface area (Å²) in [5.74, 6) is -0.131. The van der Waals surface area contributed by atoms with Crippen LogP contribution < -0.4 is 0 Å². The summed E-state index contributed by atoms with van der Waals surface area (Å²) in [6.07, 6.45) is 0. The van der Waals surface area contributed by atoms with Crippen molar-refractivity contribution >= 4 is 29.1 Å². The number of aromatic carboxylic acids is 1. The van der Waals surface area contributed by atoms with Gasteiger partial charge in [0.15, 0.2) is 0 Å². The molecule has 0 bridgehead atoms. The summed E-state index contributed by atoms with van der Waals surface area (Å²) >= 11 is 2.96. The van der Waals surface area contributed by atoms with Crippen LogP contribution in [0.1, 0.15) is 26.4 Å². The van der Waals surface area contributed by atoms with Gasteiger partial charge >= 0.3 is 5.97 Å². The van der Waals surface area contributed by atoms with Crippen molar-refractivity contribution in [2.24, 2.45) is 0 Å². The molecule has 1 heterocycles. The Morgan fingerprint density at radius 1 is 1.28 bits per heavy atom. The number of benzene rings is 1. The van der Waals surface area contributed by atoms with Gasteiger partial charge in [-0.3, -0.25) is 0 Å². The molecule has 4 heteroatoms. The normalized spacial score (nSPS) is 10.6. The lowest BCUT2D eigenvalue weighted by atomic mass is 10.1. The van der Waals surface area contributed by atoms with Crippen molar-refractivity contribution in [2.75, 3.05) is 0 Å². The van der Waals surface area contributed by atoms with Crippen molar-refractivity contribution in [1.82, 2.24) is 0 Å². The van der Waals surface area contributed by atoms with Gasteiger partial charge in [0.2, 0.25) is 0 Å². The number of hydrogen-bond donors (Lipinski definition) is 1. The summed E-state index contributed by atoms with van der Waals surface area (Å²) in [5, 5.41) is 10.9. The predicted molar refractivity (Wildman–Crippen MR) is 76.8 cm³/mol. The van der Waals surface area contributed by atoms with Crippen LogP contribution in [0.2, 0.25) is 0 Å². The topological polar surface area (TPSA) is 37.3 Å². The third kappa shape index (κ3) is 2.94. The number of carbonyl (C=O) groups is 1. The van der Waals surface area contributed by atoms with E-state index in [0.29, 0.717) is 10.6 Å². The molecule has 0 aliphatic rings. The van der Waals surface area contributed by atoms with E-state index < -0.39 is 5.97 Å². The van der Waals surface area contributed by atoms with Crippen molar-refractivity contribution in [3.8, 4) is 0 Å². The summed E-state index contributed by atoms with van der Waals surface area (Å²) in [7, 11) is 0. The molecule has 2 nitrogen and oxygen atoms in total. The van der Waals surface area contributed by atoms with Gasteiger partial charge in [-0.25, -0.2) is 4.79 Å². The first kappa shape index (κ1) is 13.2. The second kappa shape index (κ2) is 5.59. The lowest BCUT2D eigenvalue weighted by Crippen LogP contribution is -1.96. The molecule has 0 saturated carbocycles. The van der Waals surface area contributed by atoms with Crippen LogP contribution in [-0.2, 0) is 5.75 Å². The van der Waals surface area contributed by atoms with Crippen LogP contribution in [0.3, 0.4) is 0 Å². The Hall–Kier alpha value is -1.26. The number of thiophene rings is 1. The highest BCUT2D eigenvalue weighted by molar-refractivity contribution is 7.98. The molecular formula is C14H14O2S2. The fraction of sp³-hybridized carbons (Fsp3) is 0.214. The van der Waals surface area contributed by atoms with Crippen molar-refractivity contribution in [3.63, 3.8) is 0 Å². The highest BCUT2D eigenvalue weighted by Gasteiger charge is 2.11. The van der Waals surface area contributed by atoms with Crippen LogP contribution >= 0.6 is 23.1 Å². The van der Waals surface area contributed by atoms with Crippen LogP contribution in [0.15, 0.2) is 34.5 Å². The maximum atomic E-state index is 11.0. The second-order valence-corrected chi connectivity index (χ2v) is 6.08. The summed E-state index contributed by atoms with van der Waals surface area (Å²) in [6, 6.07) is 8.22. The van der Waals surface area contributed by atoms with E-state index >= 15 is 0 Å². The Balaban J connectivity index is 2.09. The van der Waals surface area contributed by atoms with E-state index in [9.17, 15) is 4.79 Å². The number of aryl methyl sites for hydroxylation is 2. The molecule has 0 unspecified atom stereocenters. The van der Waals surface area contributed by atoms with Gasteiger partial charge in [0.25, 0.3) is 0 Å². The molecule has 2 aromatic rings. The monoisotopic (exact) mass is 278 g/mol. The fourth-order valence-electron chi connectivity index (χ4n) is 1.60. The molecular weight excluding hydrogens is 264 g/mol. The molecule has 1 aromatic carbocycles. The van der Waals surface area contributed by atoms with Gasteiger partial charge in [0, 0.05) is 10.6 Å². The van der Waals surface area contributed by atoms with Crippen LogP contribution in [0.25, 0.3) is 0 Å². The Morgan fingerprint density at radius 2 is 2.06 bits per heavy atom. The van der Waals surface area contributed by atoms with Gasteiger partial charge in [-0.15, -0.1) is 23.1 Å². The minimum atomic E-state index is -0.833. The van der Waals surface area contributed by atoms with E-state index in [1.165, 1.54) is 27.4 Å². The molecule has 0 aliphatic heterocycles. The highest BCUT2D eigenvalue weighted by atomic mass is 32.2. The zero-order valence-corrected chi connectivity index (χ0v) is 11.9. The highest BCUT2D eigenvalue weighted by Crippen LogP contribution is 2.28. The number of carboxylic acids is 1. The number of rotatable bonds is 4. The molecule has 0 saturated heterocycles. The van der Waals surface area contributed by atoms with Crippen molar-refractivity contribution in [1.29, 1.82) is 0 Å². The molecule has 0 amide bonds. The molecule has 0 atom stereocenters. The van der Waals surface area contributed by atoms with E-state index in [1.807, 2.05) is 11.4 Å². The maximum Gasteiger partial charge on any atom is 0.346 e. The van der Waals surface area contributed by atoms with Crippen LogP contribution in [0.4, 0.5) is 0 Å². The van der Waals surface area contributed by atoms with Gasteiger partial charge < -0.3 is 5.11 Å². The Kier molecular flexibility index (Phi) is 4.09. The fourth-order valence-corrected chi connectivity index (χ4v) is 3.44. The zero-order chi connectivity index (χ0) is 13.1. The Morgan fingerprint density at radius 3 is 2.72 bits per heavy atom. The van der Waals surface area contributed by atoms with E-state index in [1.54, 1.807) is 11.8 Å². The van der Waals surface area contributed by atoms with E-state index in [0.717, 1.165) is 5.56 Å². The van der Waals surface area contributed by atoms with Crippen molar-refractivity contribution < 1.29 is 9.90 Å². The van der Waals surface area contributed by atoms with Crippen LogP contribution in [0.5, 0.6) is 0 Å². The molecule has 0 aliphatic carbocycles. The molecule has 0 radical (unpaired) electrons. The Bertz CT molecular complexity index is 573. The summed E-state index contributed by atoms with van der Waals surface area (Å²) in [5.41, 5.74) is 3.45. The third-order valence-electron chi connectivity index (χ3n) is 2.81. The quantitative estimate of drug-likeness (QED) is 0.845. The number of thioether (sulfide) groups is 1. The van der Waals surface area contributed by atoms with Gasteiger partial charge in [0.1, 0.15) is 4.88 Å². The first-order chi connectivity index (χ1) is 8.58. The second-order valence-electron chi connectivity index (χ2n) is 4.11. The number of hydrogen-bond acceptors (Lipinski definition) is 3. The molecule has 94 valence electrons. The molecule has 18 heavy (non-hydrogen) atoms. The minimum absolute atomic E-state index is 0.450. The summed E-state index contributed by atoms with van der Waals surface area (Å²) < 4.78 is 0. The standard InChI is InChI=1S/C14H14O2S2/c1-9-3-4-12(7-10(9)2)18-8-11-5-6-17-13(11)14(15)16/h3-7H,8H2,1-2H3,(H,15,16). The van der Waals surface area contributed by atoms with E-state index in [2.05, 4.69) is 32.0 Å². The largest absolute Gasteiger partial charge is 0.477 e. The lowest BCUT2D eigenvalue weighted by molar-refractivity contribution is 0.0701. The maximum absolute atomic E-state index is 11.0. The summed E-state index contributed by atoms with van der Waals surface area (Å²) in [4.78, 5) is 12.6. The minimum Gasteiger partial charge on any atom is -0.477 e. The molecule has 1 aromatic heterocycles. The van der Waals surface area contributed by atoms with Crippen molar-refractivity contribution in [3.05, 3.63) is 51.2 Å². The average Bonchev–Trinajstić information content (AvgIpc) is 2.79. The zero-order valence-electron chi connectivity index (χ0n) is 10.3. The number of carboxylic acid groups (broad SMARTS) is 1. The third-order valence-corrected chi connectivity index (χ3v) is 4.80. The molecule has 2 rings (SSSR count). The first-order valence-electron chi connectivity index (χ1n) is 5.57. The predicted octanol–water partition coefficient (Wildman–Crippen LogP) is 4.36. The van der Waals surface area contributed by atoms with Gasteiger partial charge in [-0.2, -0.15) is 0 Å². The van der Waals surface area contributed by atoms with Crippen LogP contribution in [-0.4, -0.2) is 11.1 Å². The van der Waals surface area contributed by atoms with Gasteiger partial charge in [-0.05, 0) is 54.1 Å². The SMILES string of the molecule is Cc1ccc(SCc2ccsc2C(=O)O)cc1C. The average molecular weight is 278 g/mol. The van der Waals surface area contributed by atoms with Crippen molar-refractivity contribution in [2.45, 2.75) is 24.5 Å². The molecule has 0 fully saturated rings. The lowest BCUT2D eigenvalue weighted by Gasteiger charge is -2.05. The van der Waals surface area contributed by atoms with E-state index in [4.69, 9.17) is 5.11 Å². The smallest absolute Gasteiger partial charge is 0.346 e. The first-order valence-corrected chi connectivity index (χ1v) is 7.44. The Labute approximate surface area is 115 Å². The van der Waals surface area contributed by atoms with E-state index in [-0.39, 0.29) is 0 Å². The summed E-state index contributed by atoms with van der Waals surface area (Å²) in [6.45, 7) is 4.18. The van der Waals surface area contributed by atoms with Gasteiger partial charge in [0.05, 0.1) is 0 Å².